The molecule has 0 fully saturated rings. The molecule has 2 aromatic rings. The molecule has 0 aliphatic rings. The van der Waals surface area contributed by atoms with Crippen LogP contribution in [0.4, 0.5) is 10.5 Å². The Bertz CT molecular complexity index is 1110. The van der Waals surface area contributed by atoms with Crippen LogP contribution >= 0.6 is 12.6 Å². The summed E-state index contributed by atoms with van der Waals surface area (Å²) in [6.45, 7) is 9.75. The largest absolute Gasteiger partial charge is 0.507 e. The maximum absolute atomic E-state index is 13.8. The lowest BCUT2D eigenvalue weighted by Crippen LogP contribution is -2.53. The van der Waals surface area contributed by atoms with Gasteiger partial charge >= 0.3 is 6.09 Å². The highest BCUT2D eigenvalue weighted by Crippen LogP contribution is 2.33. The number of rotatable bonds is 9. The van der Waals surface area contributed by atoms with E-state index in [2.05, 4.69) is 23.3 Å². The van der Waals surface area contributed by atoms with Crippen LogP contribution in [-0.2, 0) is 14.3 Å². The zero-order chi connectivity index (χ0) is 27.9. The van der Waals surface area contributed by atoms with Crippen molar-refractivity contribution in [3.63, 3.8) is 0 Å². The van der Waals surface area contributed by atoms with E-state index in [0.29, 0.717) is 11.3 Å². The van der Waals surface area contributed by atoms with Crippen molar-refractivity contribution in [1.82, 2.24) is 10.2 Å². The molecular weight excluding hydrogens is 494 g/mol. The van der Waals surface area contributed by atoms with Crippen molar-refractivity contribution in [3.8, 4) is 5.75 Å². The third kappa shape index (κ3) is 7.87. The zero-order valence-electron chi connectivity index (χ0n) is 22.2. The van der Waals surface area contributed by atoms with Crippen LogP contribution in [0.2, 0.25) is 0 Å². The Hall–Kier alpha value is -3.24. The van der Waals surface area contributed by atoms with Crippen molar-refractivity contribution in [2.24, 2.45) is 0 Å². The Balaban J connectivity index is 2.54. The van der Waals surface area contributed by atoms with Crippen molar-refractivity contribution in [1.29, 1.82) is 0 Å². The number of hydrogen-bond acceptors (Lipinski definition) is 7. The molecule has 202 valence electrons. The van der Waals surface area contributed by atoms with Gasteiger partial charge in [-0.05, 0) is 58.2 Å². The van der Waals surface area contributed by atoms with Gasteiger partial charge in [-0.3, -0.25) is 9.59 Å². The molecule has 37 heavy (non-hydrogen) atoms. The molecule has 0 saturated carbocycles. The molecule has 2 aromatic carbocycles. The van der Waals surface area contributed by atoms with E-state index in [0.717, 1.165) is 16.0 Å². The Labute approximate surface area is 223 Å². The molecule has 0 radical (unpaired) electrons. The van der Waals surface area contributed by atoms with Gasteiger partial charge in [0.2, 0.25) is 5.91 Å². The summed E-state index contributed by atoms with van der Waals surface area (Å²) in [5, 5.41) is 26.1. The summed E-state index contributed by atoms with van der Waals surface area (Å²) in [4.78, 5) is 41.0. The van der Waals surface area contributed by atoms with Gasteiger partial charge in [0.25, 0.3) is 5.91 Å². The van der Waals surface area contributed by atoms with Crippen LogP contribution in [0.1, 0.15) is 49.1 Å². The number of thiol groups is 1. The number of para-hydroxylation sites is 2. The average molecular weight is 532 g/mol. The number of aromatic hydroxyl groups is 1. The SMILES string of the molecule is Cc1cccc(C(C(=O)Nc2c(C)cccc2C)N(CCO)C(=O)C(CS)NC(=O)OC(C)(C)C)c1O. The van der Waals surface area contributed by atoms with Crippen LogP contribution in [0.5, 0.6) is 5.75 Å². The van der Waals surface area contributed by atoms with E-state index in [9.17, 15) is 24.6 Å². The molecule has 10 heteroatoms. The summed E-state index contributed by atoms with van der Waals surface area (Å²) >= 11 is 4.22. The van der Waals surface area contributed by atoms with E-state index in [1.807, 2.05) is 32.0 Å². The number of carbonyl (C=O) groups excluding carboxylic acids is 3. The number of anilines is 1. The number of nitrogens with one attached hydrogen (secondary N) is 2. The number of carbonyl (C=O) groups is 3. The van der Waals surface area contributed by atoms with Crippen LogP contribution in [0.15, 0.2) is 36.4 Å². The van der Waals surface area contributed by atoms with E-state index in [-0.39, 0.29) is 23.6 Å². The number of phenols is 1. The highest BCUT2D eigenvalue weighted by molar-refractivity contribution is 7.80. The van der Waals surface area contributed by atoms with Crippen LogP contribution in [0, 0.1) is 20.8 Å². The molecule has 3 amide bonds. The normalized spacial score (nSPS) is 12.9. The van der Waals surface area contributed by atoms with Crippen LogP contribution in [0.25, 0.3) is 0 Å². The minimum Gasteiger partial charge on any atom is -0.507 e. The number of aliphatic hydroxyl groups is 1. The topological polar surface area (TPSA) is 128 Å². The van der Waals surface area contributed by atoms with Gasteiger partial charge in [-0.25, -0.2) is 4.79 Å². The molecule has 0 spiro atoms. The molecule has 2 rings (SSSR count). The molecule has 2 atom stereocenters. The van der Waals surface area contributed by atoms with Gasteiger partial charge in [-0.15, -0.1) is 0 Å². The summed E-state index contributed by atoms with van der Waals surface area (Å²) < 4.78 is 5.27. The Kier molecular flexibility index (Phi) is 10.4. The predicted molar refractivity (Wildman–Crippen MR) is 146 cm³/mol. The van der Waals surface area contributed by atoms with Crippen LogP contribution in [0.3, 0.4) is 0 Å². The predicted octanol–water partition coefficient (Wildman–Crippen LogP) is 3.64. The molecule has 9 nitrogen and oxygen atoms in total. The third-order valence-corrected chi connectivity index (χ3v) is 6.01. The summed E-state index contributed by atoms with van der Waals surface area (Å²) in [7, 11) is 0. The Morgan fingerprint density at radius 3 is 2.14 bits per heavy atom. The highest BCUT2D eigenvalue weighted by atomic mass is 32.1. The molecule has 4 N–H and O–H groups in total. The maximum Gasteiger partial charge on any atom is 0.408 e. The van der Waals surface area contributed by atoms with E-state index >= 15 is 0 Å². The summed E-state index contributed by atoms with van der Waals surface area (Å²) in [5.41, 5.74) is 2.12. The first-order valence-electron chi connectivity index (χ1n) is 12.0. The lowest BCUT2D eigenvalue weighted by Gasteiger charge is -2.34. The maximum atomic E-state index is 13.8. The monoisotopic (exact) mass is 531 g/mol. The highest BCUT2D eigenvalue weighted by Gasteiger charge is 2.37. The van der Waals surface area contributed by atoms with Gasteiger partial charge in [0, 0.05) is 23.5 Å². The fourth-order valence-corrected chi connectivity index (χ4v) is 4.11. The van der Waals surface area contributed by atoms with Gasteiger partial charge in [-0.1, -0.05) is 36.4 Å². The number of nitrogens with zero attached hydrogens (tertiary/aromatic N) is 1. The Morgan fingerprint density at radius 1 is 1.03 bits per heavy atom. The molecule has 0 aromatic heterocycles. The zero-order valence-corrected chi connectivity index (χ0v) is 23.1. The molecular formula is C27H37N3O6S. The first-order chi connectivity index (χ1) is 17.3. The van der Waals surface area contributed by atoms with Gasteiger partial charge < -0.3 is 30.5 Å². The van der Waals surface area contributed by atoms with Crippen molar-refractivity contribution >= 4 is 36.2 Å². The molecule has 0 aliphatic carbocycles. The number of amides is 3. The number of alkyl carbamates (subject to hydrolysis) is 1. The summed E-state index contributed by atoms with van der Waals surface area (Å²) in [6.07, 6.45) is -0.821. The second-order valence-corrected chi connectivity index (χ2v) is 10.2. The van der Waals surface area contributed by atoms with Gasteiger partial charge in [0.05, 0.1) is 6.61 Å². The van der Waals surface area contributed by atoms with E-state index in [4.69, 9.17) is 4.74 Å². The van der Waals surface area contributed by atoms with Gasteiger partial charge in [0.1, 0.15) is 23.4 Å². The molecule has 0 bridgehead atoms. The number of aliphatic hydroxyl groups excluding tert-OH is 1. The number of benzene rings is 2. The van der Waals surface area contributed by atoms with Crippen molar-refractivity contribution in [2.75, 3.05) is 24.2 Å². The summed E-state index contributed by atoms with van der Waals surface area (Å²) in [6, 6.07) is 7.98. The summed E-state index contributed by atoms with van der Waals surface area (Å²) in [5.74, 6) is -1.50. The smallest absolute Gasteiger partial charge is 0.408 e. The van der Waals surface area contributed by atoms with Crippen LogP contribution in [-0.4, -0.2) is 63.6 Å². The minimum atomic E-state index is -1.32. The average Bonchev–Trinajstić information content (AvgIpc) is 2.80. The van der Waals surface area contributed by atoms with E-state index in [1.54, 1.807) is 45.9 Å². The fraction of sp³-hybridized carbons (Fsp3) is 0.444. The second-order valence-electron chi connectivity index (χ2n) is 9.81. The minimum absolute atomic E-state index is 0.0922. The number of hydrogen-bond donors (Lipinski definition) is 5. The molecule has 0 saturated heterocycles. The van der Waals surface area contributed by atoms with Gasteiger partial charge in [0.15, 0.2) is 0 Å². The van der Waals surface area contributed by atoms with Crippen molar-refractivity contribution in [3.05, 3.63) is 58.7 Å². The molecule has 0 aliphatic heterocycles. The first kappa shape index (κ1) is 30.0. The molecule has 2 unspecified atom stereocenters. The number of ether oxygens (including phenoxy) is 1. The van der Waals surface area contributed by atoms with Gasteiger partial charge in [-0.2, -0.15) is 12.6 Å². The van der Waals surface area contributed by atoms with E-state index < -0.39 is 42.2 Å². The van der Waals surface area contributed by atoms with Crippen molar-refractivity contribution in [2.45, 2.75) is 59.2 Å². The lowest BCUT2D eigenvalue weighted by atomic mass is 9.98. The van der Waals surface area contributed by atoms with Crippen molar-refractivity contribution < 1.29 is 29.3 Å². The molecule has 0 heterocycles. The number of phenolic OH excluding ortho intramolecular Hbond substituents is 1. The lowest BCUT2D eigenvalue weighted by molar-refractivity contribution is -0.140. The quantitative estimate of drug-likeness (QED) is 0.314. The first-order valence-corrected chi connectivity index (χ1v) is 12.6. The standard InChI is InChI=1S/C27H37N3O6S/c1-16-9-7-10-17(2)21(16)29-24(33)22(19-12-8-11-18(3)23(19)32)30(13-14-31)25(34)20(15-37)28-26(35)36-27(4,5)6/h7-12,20,22,31-32,37H,13-15H2,1-6H3,(H,28,35)(H,29,33). The van der Waals surface area contributed by atoms with E-state index in [1.165, 1.54) is 0 Å². The van der Waals surface area contributed by atoms with Crippen LogP contribution < -0.4 is 10.6 Å². The Morgan fingerprint density at radius 2 is 1.59 bits per heavy atom. The fourth-order valence-electron chi connectivity index (χ4n) is 3.87. The number of aryl methyl sites for hydroxylation is 3. The second kappa shape index (κ2) is 12.8. The third-order valence-electron chi connectivity index (χ3n) is 5.65.